The van der Waals surface area contributed by atoms with Crippen molar-refractivity contribution in [1.29, 1.82) is 0 Å². The Morgan fingerprint density at radius 1 is 1.05 bits per heavy atom. The van der Waals surface area contributed by atoms with Crippen molar-refractivity contribution in [2.45, 2.75) is 6.92 Å². The molecule has 2 aromatic carbocycles. The van der Waals surface area contributed by atoms with E-state index < -0.39 is 0 Å². The standard InChI is InChI=1S/C18H18O4/c1-12-10-14(6-9-17(12)21-2)15(19)7-4-13-5-8-18(22-3)16(20)11-13/h4-11,20H,1-3H3/b7-4+. The fraction of sp³-hybridized carbons (Fsp3) is 0.167. The molecular formula is C18H18O4. The molecule has 0 amide bonds. The lowest BCUT2D eigenvalue weighted by Gasteiger charge is -2.05. The fourth-order valence-corrected chi connectivity index (χ4v) is 2.11. The molecule has 0 aliphatic carbocycles. The van der Waals surface area contributed by atoms with Crippen molar-refractivity contribution in [2.75, 3.05) is 14.2 Å². The molecule has 0 heterocycles. The minimum atomic E-state index is -0.110. The van der Waals surface area contributed by atoms with E-state index in [1.807, 2.05) is 6.92 Å². The summed E-state index contributed by atoms with van der Waals surface area (Å²) in [6.45, 7) is 1.89. The molecule has 22 heavy (non-hydrogen) atoms. The maximum Gasteiger partial charge on any atom is 0.185 e. The van der Waals surface area contributed by atoms with Gasteiger partial charge in [0.1, 0.15) is 5.75 Å². The Labute approximate surface area is 129 Å². The molecular weight excluding hydrogens is 280 g/mol. The van der Waals surface area contributed by atoms with E-state index in [4.69, 9.17) is 9.47 Å². The molecule has 2 rings (SSSR count). The first kappa shape index (κ1) is 15.6. The van der Waals surface area contributed by atoms with Crippen LogP contribution in [0.25, 0.3) is 6.08 Å². The SMILES string of the molecule is COc1ccc(C(=O)/C=C/c2ccc(OC)c(O)c2)cc1C. The van der Waals surface area contributed by atoms with Crippen LogP contribution < -0.4 is 9.47 Å². The van der Waals surface area contributed by atoms with Gasteiger partial charge in [0.25, 0.3) is 0 Å². The second kappa shape index (κ2) is 6.80. The molecule has 4 nitrogen and oxygen atoms in total. The summed E-state index contributed by atoms with van der Waals surface area (Å²) in [5.74, 6) is 1.08. The van der Waals surface area contributed by atoms with E-state index in [2.05, 4.69) is 0 Å². The third-order valence-electron chi connectivity index (χ3n) is 3.31. The number of benzene rings is 2. The molecule has 2 aromatic rings. The van der Waals surface area contributed by atoms with Gasteiger partial charge in [-0.05, 0) is 54.5 Å². The minimum absolute atomic E-state index is 0.0393. The Bertz CT molecular complexity index is 717. The normalized spacial score (nSPS) is 10.7. The number of methoxy groups -OCH3 is 2. The molecule has 0 saturated carbocycles. The first-order valence-corrected chi connectivity index (χ1v) is 6.79. The van der Waals surface area contributed by atoms with Gasteiger partial charge in [-0.1, -0.05) is 12.1 Å². The number of carbonyl (C=O) groups is 1. The lowest BCUT2D eigenvalue weighted by atomic mass is 10.1. The zero-order chi connectivity index (χ0) is 16.1. The van der Waals surface area contributed by atoms with E-state index in [0.29, 0.717) is 11.3 Å². The summed E-state index contributed by atoms with van der Waals surface area (Å²) in [7, 11) is 3.08. The van der Waals surface area contributed by atoms with Crippen LogP contribution >= 0.6 is 0 Å². The van der Waals surface area contributed by atoms with Gasteiger partial charge in [-0.15, -0.1) is 0 Å². The Balaban J connectivity index is 2.17. The van der Waals surface area contributed by atoms with Crippen LogP contribution in [-0.2, 0) is 0 Å². The number of rotatable bonds is 5. The monoisotopic (exact) mass is 298 g/mol. The Kier molecular flexibility index (Phi) is 4.84. The minimum Gasteiger partial charge on any atom is -0.504 e. The predicted octanol–water partition coefficient (Wildman–Crippen LogP) is 3.61. The Morgan fingerprint density at radius 3 is 2.32 bits per heavy atom. The van der Waals surface area contributed by atoms with Crippen LogP contribution in [0.2, 0.25) is 0 Å². The number of phenolic OH excluding ortho intramolecular Hbond substituents is 1. The highest BCUT2D eigenvalue weighted by Gasteiger charge is 2.06. The maximum atomic E-state index is 12.2. The van der Waals surface area contributed by atoms with Gasteiger partial charge in [0.05, 0.1) is 14.2 Å². The van der Waals surface area contributed by atoms with Gasteiger partial charge in [0.2, 0.25) is 0 Å². The van der Waals surface area contributed by atoms with Crippen LogP contribution in [0.4, 0.5) is 0 Å². The summed E-state index contributed by atoms with van der Waals surface area (Å²) < 4.78 is 10.2. The van der Waals surface area contributed by atoms with Crippen LogP contribution in [0.15, 0.2) is 42.5 Å². The molecule has 0 saturated heterocycles. The van der Waals surface area contributed by atoms with E-state index in [9.17, 15) is 9.90 Å². The first-order chi connectivity index (χ1) is 10.5. The van der Waals surface area contributed by atoms with Gasteiger partial charge in [0, 0.05) is 5.56 Å². The quantitative estimate of drug-likeness (QED) is 0.676. The summed E-state index contributed by atoms with van der Waals surface area (Å²) in [6.07, 6.45) is 3.13. The number of aryl methyl sites for hydroxylation is 1. The second-order valence-corrected chi connectivity index (χ2v) is 4.81. The summed E-state index contributed by atoms with van der Waals surface area (Å²) in [5.41, 5.74) is 2.22. The molecule has 0 bridgehead atoms. The highest BCUT2D eigenvalue weighted by Crippen LogP contribution is 2.26. The van der Waals surface area contributed by atoms with Crippen molar-refractivity contribution < 1.29 is 19.4 Å². The van der Waals surface area contributed by atoms with Gasteiger partial charge in [0.15, 0.2) is 17.3 Å². The maximum absolute atomic E-state index is 12.2. The van der Waals surface area contributed by atoms with Crippen molar-refractivity contribution in [3.8, 4) is 17.2 Å². The largest absolute Gasteiger partial charge is 0.504 e. The number of allylic oxidation sites excluding steroid dienone is 1. The summed E-state index contributed by atoms with van der Waals surface area (Å²) in [4.78, 5) is 12.2. The summed E-state index contributed by atoms with van der Waals surface area (Å²) >= 11 is 0. The van der Waals surface area contributed by atoms with Crippen LogP contribution in [0.1, 0.15) is 21.5 Å². The van der Waals surface area contributed by atoms with Crippen molar-refractivity contribution in [3.05, 3.63) is 59.2 Å². The van der Waals surface area contributed by atoms with Crippen LogP contribution in [0.3, 0.4) is 0 Å². The van der Waals surface area contributed by atoms with Crippen LogP contribution in [0.5, 0.6) is 17.2 Å². The number of phenols is 1. The number of aromatic hydroxyl groups is 1. The number of ether oxygens (including phenoxy) is 2. The number of hydrogen-bond acceptors (Lipinski definition) is 4. The van der Waals surface area contributed by atoms with Crippen molar-refractivity contribution >= 4 is 11.9 Å². The van der Waals surface area contributed by atoms with Crippen molar-refractivity contribution in [1.82, 2.24) is 0 Å². The average Bonchev–Trinajstić information content (AvgIpc) is 2.52. The van der Waals surface area contributed by atoms with Crippen LogP contribution in [0, 0.1) is 6.92 Å². The predicted molar refractivity (Wildman–Crippen MR) is 85.8 cm³/mol. The number of hydrogen-bond donors (Lipinski definition) is 1. The Morgan fingerprint density at radius 2 is 1.73 bits per heavy atom. The van der Waals surface area contributed by atoms with Crippen molar-refractivity contribution in [3.63, 3.8) is 0 Å². The zero-order valence-electron chi connectivity index (χ0n) is 12.8. The second-order valence-electron chi connectivity index (χ2n) is 4.81. The average molecular weight is 298 g/mol. The Hall–Kier alpha value is -2.75. The third-order valence-corrected chi connectivity index (χ3v) is 3.31. The molecule has 0 aliphatic heterocycles. The molecule has 0 atom stereocenters. The lowest BCUT2D eigenvalue weighted by Crippen LogP contribution is -1.96. The highest BCUT2D eigenvalue weighted by molar-refractivity contribution is 6.07. The first-order valence-electron chi connectivity index (χ1n) is 6.79. The summed E-state index contributed by atoms with van der Waals surface area (Å²) in [6, 6.07) is 10.2. The molecule has 0 radical (unpaired) electrons. The van der Waals surface area contributed by atoms with Gasteiger partial charge in [-0.25, -0.2) is 0 Å². The molecule has 114 valence electrons. The van der Waals surface area contributed by atoms with E-state index in [1.165, 1.54) is 13.2 Å². The smallest absolute Gasteiger partial charge is 0.185 e. The van der Waals surface area contributed by atoms with Gasteiger partial charge >= 0.3 is 0 Å². The topological polar surface area (TPSA) is 55.8 Å². The van der Waals surface area contributed by atoms with E-state index in [-0.39, 0.29) is 11.5 Å². The van der Waals surface area contributed by atoms with Gasteiger partial charge in [-0.3, -0.25) is 4.79 Å². The van der Waals surface area contributed by atoms with E-state index >= 15 is 0 Å². The van der Waals surface area contributed by atoms with Crippen molar-refractivity contribution in [2.24, 2.45) is 0 Å². The molecule has 0 spiro atoms. The molecule has 4 heteroatoms. The fourth-order valence-electron chi connectivity index (χ4n) is 2.11. The van der Waals surface area contributed by atoms with Crippen LogP contribution in [-0.4, -0.2) is 25.1 Å². The third kappa shape index (κ3) is 3.47. The van der Waals surface area contributed by atoms with E-state index in [1.54, 1.807) is 49.6 Å². The van der Waals surface area contributed by atoms with E-state index in [0.717, 1.165) is 16.9 Å². The highest BCUT2D eigenvalue weighted by atomic mass is 16.5. The van der Waals surface area contributed by atoms with Gasteiger partial charge in [-0.2, -0.15) is 0 Å². The zero-order valence-corrected chi connectivity index (χ0v) is 12.8. The molecule has 0 aromatic heterocycles. The number of carbonyl (C=O) groups excluding carboxylic acids is 1. The molecule has 0 aliphatic rings. The number of ketones is 1. The molecule has 0 unspecified atom stereocenters. The summed E-state index contributed by atoms with van der Waals surface area (Å²) in [5, 5.41) is 9.71. The molecule has 1 N–H and O–H groups in total. The van der Waals surface area contributed by atoms with Gasteiger partial charge < -0.3 is 14.6 Å². The molecule has 0 fully saturated rings. The lowest BCUT2D eigenvalue weighted by molar-refractivity contribution is 0.104.